The highest BCUT2D eigenvalue weighted by molar-refractivity contribution is 8.03. The molecule has 1 rings (SSSR count). The third-order valence-corrected chi connectivity index (χ3v) is 1.87. The fourth-order valence-corrected chi connectivity index (χ4v) is 1.33. The summed E-state index contributed by atoms with van der Waals surface area (Å²) < 4.78 is 0.776. The summed E-state index contributed by atoms with van der Waals surface area (Å²) in [5.41, 5.74) is 2.32. The summed E-state index contributed by atoms with van der Waals surface area (Å²) in [5.74, 6) is 0. The molecule has 0 aliphatic rings. The minimum absolute atomic E-state index is 0.776. The van der Waals surface area contributed by atoms with Crippen LogP contribution in [0.15, 0.2) is 24.3 Å². The first-order valence-electron chi connectivity index (χ1n) is 3.02. The first-order valence-corrected chi connectivity index (χ1v) is 3.92. The molecule has 0 saturated carbocycles. The van der Waals surface area contributed by atoms with Crippen LogP contribution in [0.3, 0.4) is 0 Å². The fourth-order valence-electron chi connectivity index (χ4n) is 0.824. The molecule has 1 radical (unpaired) electrons. The van der Waals surface area contributed by atoms with Crippen molar-refractivity contribution in [2.24, 2.45) is 0 Å². The van der Waals surface area contributed by atoms with E-state index >= 15 is 0 Å². The Morgan fingerprint density at radius 2 is 1.80 bits per heavy atom. The number of rotatable bonds is 1. The topological polar surface area (TPSA) is 0 Å². The van der Waals surface area contributed by atoms with Crippen LogP contribution < -0.4 is 0 Å². The van der Waals surface area contributed by atoms with E-state index < -0.39 is 0 Å². The molecule has 0 heterocycles. The second-order valence-corrected chi connectivity index (χ2v) is 3.39. The number of benzene rings is 1. The van der Waals surface area contributed by atoms with E-state index in [1.807, 2.05) is 31.2 Å². The maximum absolute atomic E-state index is 4.14. The van der Waals surface area contributed by atoms with Crippen molar-refractivity contribution in [2.75, 3.05) is 0 Å². The Hall–Kier alpha value is -0.0800. The second kappa shape index (κ2) is 3.35. The number of hydrogen-bond acceptors (Lipinski definition) is 2. The van der Waals surface area contributed by atoms with E-state index in [1.54, 1.807) is 0 Å². The molecule has 0 fully saturated rings. The van der Waals surface area contributed by atoms with Gasteiger partial charge < -0.3 is 0 Å². The fraction of sp³-hybridized carbons (Fsp3) is 0.125. The van der Waals surface area contributed by atoms with E-state index in [0.29, 0.717) is 0 Å². The summed E-state index contributed by atoms with van der Waals surface area (Å²) in [6.07, 6.45) is 0. The van der Waals surface area contributed by atoms with E-state index in [1.165, 1.54) is 5.56 Å². The van der Waals surface area contributed by atoms with Gasteiger partial charge in [-0.15, -0.1) is 0 Å². The molecule has 0 atom stereocenters. The Morgan fingerprint density at radius 1 is 1.20 bits per heavy atom. The Morgan fingerprint density at radius 3 is 2.20 bits per heavy atom. The highest BCUT2D eigenvalue weighted by atomic mass is 32.2. The summed E-state index contributed by atoms with van der Waals surface area (Å²) in [6, 6.07) is 8.03. The maximum atomic E-state index is 4.14. The Kier molecular flexibility index (Phi) is 2.69. The van der Waals surface area contributed by atoms with Crippen LogP contribution in [0.5, 0.6) is 0 Å². The zero-order valence-electron chi connectivity index (χ0n) is 5.70. The zero-order valence-corrected chi connectivity index (χ0v) is 7.49. The summed E-state index contributed by atoms with van der Waals surface area (Å²) in [6.45, 7) is 2.04. The van der Waals surface area contributed by atoms with E-state index in [4.69, 9.17) is 0 Å². The maximum Gasteiger partial charge on any atom is 0.108 e. The average Bonchev–Trinajstić information content (AvgIpc) is 1.88. The molecule has 2 heteroatoms. The number of thiol groups is 2. The molecule has 0 nitrogen and oxygen atoms in total. The molecule has 10 heavy (non-hydrogen) atoms. The molecule has 53 valence electrons. The predicted molar refractivity (Wildman–Crippen MR) is 51.5 cm³/mol. The number of aryl methyl sites for hydroxylation is 1. The van der Waals surface area contributed by atoms with Crippen LogP contribution in [0.2, 0.25) is 0 Å². The smallest absolute Gasteiger partial charge is 0.108 e. The first kappa shape index (κ1) is 8.02. The molecule has 1 aromatic carbocycles. The summed E-state index contributed by atoms with van der Waals surface area (Å²) in [7, 11) is 0. The minimum Gasteiger partial charge on any atom is -0.154 e. The van der Waals surface area contributed by atoms with Gasteiger partial charge in [0, 0.05) is 0 Å². The van der Waals surface area contributed by atoms with E-state index in [0.717, 1.165) is 10.1 Å². The number of hydrogen-bond donors (Lipinski definition) is 2. The minimum atomic E-state index is 0.776. The van der Waals surface area contributed by atoms with Crippen molar-refractivity contribution in [3.05, 3.63) is 40.0 Å². The zero-order chi connectivity index (χ0) is 7.56. The van der Waals surface area contributed by atoms with Gasteiger partial charge in [0.25, 0.3) is 0 Å². The van der Waals surface area contributed by atoms with Gasteiger partial charge in [-0.25, -0.2) is 0 Å². The Balaban J connectivity index is 3.03. The lowest BCUT2D eigenvalue weighted by atomic mass is 10.1. The standard InChI is InChI=1S/C8H9S2/c1-6-4-2-3-5-7(6)8(9)10/h2-5,9-10H,1H3. The van der Waals surface area contributed by atoms with Crippen LogP contribution >= 0.6 is 25.3 Å². The average molecular weight is 169 g/mol. The van der Waals surface area contributed by atoms with Gasteiger partial charge in [0.1, 0.15) is 4.58 Å². The van der Waals surface area contributed by atoms with Gasteiger partial charge in [0.15, 0.2) is 0 Å². The molecule has 0 bridgehead atoms. The van der Waals surface area contributed by atoms with Gasteiger partial charge in [-0.2, -0.15) is 25.3 Å². The van der Waals surface area contributed by atoms with Crippen LogP contribution in [-0.4, -0.2) is 0 Å². The van der Waals surface area contributed by atoms with E-state index in [-0.39, 0.29) is 0 Å². The summed E-state index contributed by atoms with van der Waals surface area (Å²) in [5, 5.41) is 0. The Labute approximate surface area is 72.5 Å². The van der Waals surface area contributed by atoms with Crippen LogP contribution in [0, 0.1) is 11.5 Å². The van der Waals surface area contributed by atoms with Gasteiger partial charge in [-0.1, -0.05) is 24.3 Å². The monoisotopic (exact) mass is 169 g/mol. The molecule has 0 aliphatic heterocycles. The van der Waals surface area contributed by atoms with Crippen LogP contribution in [0.4, 0.5) is 0 Å². The van der Waals surface area contributed by atoms with Crippen molar-refractivity contribution in [2.45, 2.75) is 6.92 Å². The van der Waals surface area contributed by atoms with Crippen molar-refractivity contribution in [3.63, 3.8) is 0 Å². The van der Waals surface area contributed by atoms with E-state index in [2.05, 4.69) is 25.3 Å². The lowest BCUT2D eigenvalue weighted by Gasteiger charge is -2.04. The lowest BCUT2D eigenvalue weighted by Crippen LogP contribution is -1.85. The predicted octanol–water partition coefficient (Wildman–Crippen LogP) is 2.69. The van der Waals surface area contributed by atoms with Crippen LogP contribution in [-0.2, 0) is 0 Å². The highest BCUT2D eigenvalue weighted by Gasteiger charge is 2.02. The normalized spacial score (nSPS) is 10.4. The molecular weight excluding hydrogens is 160 g/mol. The van der Waals surface area contributed by atoms with Crippen LogP contribution in [0.25, 0.3) is 0 Å². The van der Waals surface area contributed by atoms with Crippen molar-refractivity contribution in [1.82, 2.24) is 0 Å². The van der Waals surface area contributed by atoms with Gasteiger partial charge in [-0.05, 0) is 18.1 Å². The molecule has 0 amide bonds. The second-order valence-electron chi connectivity index (χ2n) is 2.14. The van der Waals surface area contributed by atoms with Gasteiger partial charge >= 0.3 is 0 Å². The van der Waals surface area contributed by atoms with Crippen molar-refractivity contribution in [1.29, 1.82) is 0 Å². The summed E-state index contributed by atoms with van der Waals surface area (Å²) in [4.78, 5) is 0. The third-order valence-electron chi connectivity index (χ3n) is 1.39. The molecule has 0 N–H and O–H groups in total. The molecule has 0 aromatic heterocycles. The highest BCUT2D eigenvalue weighted by Crippen LogP contribution is 2.24. The van der Waals surface area contributed by atoms with Gasteiger partial charge in [0.2, 0.25) is 0 Å². The molecule has 0 aliphatic carbocycles. The summed E-state index contributed by atoms with van der Waals surface area (Å²) >= 11 is 8.28. The largest absolute Gasteiger partial charge is 0.154 e. The van der Waals surface area contributed by atoms with Gasteiger partial charge in [0.05, 0.1) is 0 Å². The SMILES string of the molecule is Cc1ccccc1[C](S)S. The van der Waals surface area contributed by atoms with Crippen molar-refractivity contribution < 1.29 is 0 Å². The van der Waals surface area contributed by atoms with Crippen LogP contribution in [0.1, 0.15) is 11.1 Å². The molecule has 0 saturated heterocycles. The van der Waals surface area contributed by atoms with Crippen molar-refractivity contribution >= 4 is 25.3 Å². The van der Waals surface area contributed by atoms with Gasteiger partial charge in [-0.3, -0.25) is 0 Å². The molecule has 1 aromatic rings. The third kappa shape index (κ3) is 1.70. The quantitative estimate of drug-likeness (QED) is 0.593. The lowest BCUT2D eigenvalue weighted by molar-refractivity contribution is 1.40. The Bertz CT molecular complexity index is 218. The molecule has 0 unspecified atom stereocenters. The first-order chi connectivity index (χ1) is 4.72. The van der Waals surface area contributed by atoms with E-state index in [9.17, 15) is 0 Å². The molecule has 0 spiro atoms. The van der Waals surface area contributed by atoms with Crippen molar-refractivity contribution in [3.8, 4) is 0 Å². The molecular formula is C8H9S2.